The van der Waals surface area contributed by atoms with E-state index in [9.17, 15) is 13.7 Å². The van der Waals surface area contributed by atoms with E-state index in [1.165, 1.54) is 18.2 Å². The number of benzene rings is 2. The molecule has 158 valence electrons. The summed E-state index contributed by atoms with van der Waals surface area (Å²) in [4.78, 5) is 1.99. The molecule has 3 rings (SSSR count). The topological polar surface area (TPSA) is 88.9 Å². The lowest BCUT2D eigenvalue weighted by molar-refractivity contribution is 0.0321. The highest BCUT2D eigenvalue weighted by atomic mass is 32.2. The minimum Gasteiger partial charge on any atom is -0.493 e. The highest BCUT2D eigenvalue weighted by Gasteiger charge is 2.20. The number of sulfone groups is 1. The summed E-state index contributed by atoms with van der Waals surface area (Å²) in [5.41, 5.74) is 0.535. The maximum absolute atomic E-state index is 12.8. The van der Waals surface area contributed by atoms with E-state index >= 15 is 0 Å². The predicted octanol–water partition coefficient (Wildman–Crippen LogP) is 2.74. The zero-order valence-electron chi connectivity index (χ0n) is 16.8. The van der Waals surface area contributed by atoms with Gasteiger partial charge >= 0.3 is 0 Å². The minimum absolute atomic E-state index is 0.0771. The average molecular weight is 429 g/mol. The summed E-state index contributed by atoms with van der Waals surface area (Å²) in [5.74, 6) is 1.03. The van der Waals surface area contributed by atoms with Crippen molar-refractivity contribution in [2.24, 2.45) is 0 Å². The van der Waals surface area contributed by atoms with E-state index in [1.54, 1.807) is 49.6 Å². The van der Waals surface area contributed by atoms with Gasteiger partial charge in [0.1, 0.15) is 17.6 Å². The molecule has 2 aromatic rings. The molecule has 0 amide bonds. The highest BCUT2D eigenvalue weighted by Crippen LogP contribution is 2.30. The lowest BCUT2D eigenvalue weighted by Gasteiger charge is -2.26. The number of rotatable bonds is 8. The molecule has 1 aliphatic heterocycles. The van der Waals surface area contributed by atoms with Crippen molar-refractivity contribution in [3.8, 4) is 17.6 Å². The van der Waals surface area contributed by atoms with Gasteiger partial charge in [-0.2, -0.15) is 5.26 Å². The van der Waals surface area contributed by atoms with Gasteiger partial charge in [-0.15, -0.1) is 0 Å². The number of allylic oxidation sites excluding steroid dienone is 1. The van der Waals surface area contributed by atoms with Crippen molar-refractivity contribution >= 4 is 15.9 Å². The van der Waals surface area contributed by atoms with Crippen molar-refractivity contribution in [3.63, 3.8) is 0 Å². The van der Waals surface area contributed by atoms with E-state index in [4.69, 9.17) is 14.2 Å². The van der Waals surface area contributed by atoms with Crippen LogP contribution in [0, 0.1) is 11.3 Å². The third-order valence-corrected chi connectivity index (χ3v) is 6.39. The van der Waals surface area contributed by atoms with Crippen LogP contribution in [0.2, 0.25) is 0 Å². The molecule has 0 saturated carbocycles. The summed E-state index contributed by atoms with van der Waals surface area (Å²) in [6.45, 7) is 4.38. The molecule has 0 spiro atoms. The third kappa shape index (κ3) is 5.39. The van der Waals surface area contributed by atoms with Crippen molar-refractivity contribution in [3.05, 3.63) is 59.0 Å². The van der Waals surface area contributed by atoms with Crippen LogP contribution in [0.3, 0.4) is 0 Å². The van der Waals surface area contributed by atoms with Gasteiger partial charge < -0.3 is 14.2 Å². The molecule has 2 aromatic carbocycles. The van der Waals surface area contributed by atoms with E-state index in [0.717, 1.165) is 32.8 Å². The van der Waals surface area contributed by atoms with Crippen LogP contribution in [0.15, 0.2) is 58.3 Å². The van der Waals surface area contributed by atoms with Crippen LogP contribution in [0.5, 0.6) is 11.5 Å². The summed E-state index contributed by atoms with van der Waals surface area (Å²) in [5, 5.41) is 9.47. The summed E-state index contributed by atoms with van der Waals surface area (Å²) in [6.07, 6.45) is 1.34. The molecule has 1 aliphatic rings. The lowest BCUT2D eigenvalue weighted by atomic mass is 10.2. The van der Waals surface area contributed by atoms with Crippen LogP contribution in [0.25, 0.3) is 6.08 Å². The molecule has 0 atom stereocenters. The second kappa shape index (κ2) is 10.3. The summed E-state index contributed by atoms with van der Waals surface area (Å²) in [7, 11) is -2.36. The van der Waals surface area contributed by atoms with E-state index in [0.29, 0.717) is 23.7 Å². The first-order valence-corrected chi connectivity index (χ1v) is 11.1. The second-order valence-electron chi connectivity index (χ2n) is 6.65. The van der Waals surface area contributed by atoms with Gasteiger partial charge in [0.15, 0.2) is 11.5 Å². The van der Waals surface area contributed by atoms with E-state index in [2.05, 4.69) is 4.90 Å². The molecule has 0 unspecified atom stereocenters. The van der Waals surface area contributed by atoms with E-state index < -0.39 is 9.84 Å². The van der Waals surface area contributed by atoms with Gasteiger partial charge in [-0.3, -0.25) is 4.90 Å². The van der Waals surface area contributed by atoms with Crippen molar-refractivity contribution in [1.82, 2.24) is 4.90 Å². The smallest absolute Gasteiger partial charge is 0.216 e. The number of morpholine rings is 1. The maximum Gasteiger partial charge on any atom is 0.216 e. The average Bonchev–Trinajstić information content (AvgIpc) is 2.79. The lowest BCUT2D eigenvalue weighted by Crippen LogP contribution is -2.38. The molecule has 8 heteroatoms. The molecule has 30 heavy (non-hydrogen) atoms. The molecule has 0 aromatic heterocycles. The second-order valence-corrected chi connectivity index (χ2v) is 8.57. The molecular weight excluding hydrogens is 404 g/mol. The Morgan fingerprint density at radius 3 is 2.57 bits per heavy atom. The Morgan fingerprint density at radius 2 is 1.90 bits per heavy atom. The van der Waals surface area contributed by atoms with Crippen molar-refractivity contribution in [2.45, 2.75) is 4.90 Å². The largest absolute Gasteiger partial charge is 0.493 e. The van der Waals surface area contributed by atoms with E-state index in [-0.39, 0.29) is 9.80 Å². The Labute approximate surface area is 177 Å². The Balaban J connectivity index is 1.79. The highest BCUT2D eigenvalue weighted by molar-refractivity contribution is 7.95. The Hall–Kier alpha value is -2.86. The Bertz CT molecular complexity index is 1020. The number of hydrogen-bond acceptors (Lipinski definition) is 7. The predicted molar refractivity (Wildman–Crippen MR) is 113 cm³/mol. The Morgan fingerprint density at radius 1 is 1.17 bits per heavy atom. The number of ether oxygens (including phenoxy) is 3. The zero-order valence-corrected chi connectivity index (χ0v) is 17.6. The number of methoxy groups -OCH3 is 1. The number of nitrogens with zero attached hydrogens (tertiary/aromatic N) is 2. The molecule has 1 saturated heterocycles. The third-order valence-electron chi connectivity index (χ3n) is 4.71. The molecule has 0 N–H and O–H groups in total. The van der Waals surface area contributed by atoms with Crippen LogP contribution in [-0.2, 0) is 14.6 Å². The molecule has 1 heterocycles. The fourth-order valence-electron chi connectivity index (χ4n) is 3.05. The van der Waals surface area contributed by atoms with Gasteiger partial charge in [-0.25, -0.2) is 8.42 Å². The molecule has 0 radical (unpaired) electrons. The molecule has 7 nitrogen and oxygen atoms in total. The summed E-state index contributed by atoms with van der Waals surface area (Å²) in [6, 6.07) is 14.8. The zero-order chi connectivity index (χ0) is 21.4. The fourth-order valence-corrected chi connectivity index (χ4v) is 4.23. The SMILES string of the molecule is COc1ccc(/C=C(\C#N)S(=O)(=O)c2ccccc2)cc1OCCN1CCOCC1. The van der Waals surface area contributed by atoms with Crippen LogP contribution in [0.1, 0.15) is 5.56 Å². The first-order valence-electron chi connectivity index (χ1n) is 9.57. The van der Waals surface area contributed by atoms with Crippen LogP contribution in [0.4, 0.5) is 0 Å². The van der Waals surface area contributed by atoms with Gasteiger partial charge in [0.25, 0.3) is 0 Å². The first kappa shape index (κ1) is 21.8. The van der Waals surface area contributed by atoms with Gasteiger partial charge in [-0.05, 0) is 35.9 Å². The van der Waals surface area contributed by atoms with Crippen LogP contribution in [-0.4, -0.2) is 59.9 Å². The number of hydrogen-bond donors (Lipinski definition) is 0. The monoisotopic (exact) mass is 428 g/mol. The van der Waals surface area contributed by atoms with Crippen molar-refractivity contribution in [1.29, 1.82) is 5.26 Å². The molecular formula is C22H24N2O5S. The maximum atomic E-state index is 12.8. The van der Waals surface area contributed by atoms with Crippen molar-refractivity contribution in [2.75, 3.05) is 46.6 Å². The summed E-state index contributed by atoms with van der Waals surface area (Å²) >= 11 is 0. The van der Waals surface area contributed by atoms with Crippen molar-refractivity contribution < 1.29 is 22.6 Å². The normalized spacial score (nSPS) is 15.4. The van der Waals surface area contributed by atoms with Gasteiger partial charge in [0, 0.05) is 19.6 Å². The quantitative estimate of drug-likeness (QED) is 0.597. The molecule has 0 bridgehead atoms. The van der Waals surface area contributed by atoms with E-state index in [1.807, 2.05) is 0 Å². The van der Waals surface area contributed by atoms with Gasteiger partial charge in [0.2, 0.25) is 9.84 Å². The first-order chi connectivity index (χ1) is 14.5. The Kier molecular flexibility index (Phi) is 7.46. The molecule has 1 fully saturated rings. The minimum atomic E-state index is -3.90. The van der Waals surface area contributed by atoms with Gasteiger partial charge in [-0.1, -0.05) is 24.3 Å². The number of nitriles is 1. The standard InChI is InChI=1S/C22H24N2O5S/c1-27-21-8-7-18(16-22(21)29-14-11-24-9-12-28-13-10-24)15-20(17-23)30(25,26)19-5-3-2-4-6-19/h2-8,15-16H,9-14H2,1H3/b20-15+. The summed E-state index contributed by atoms with van der Waals surface area (Å²) < 4.78 is 42.1. The molecule has 0 aliphatic carbocycles. The van der Waals surface area contributed by atoms with Crippen LogP contribution < -0.4 is 9.47 Å². The van der Waals surface area contributed by atoms with Crippen LogP contribution >= 0.6 is 0 Å². The fraction of sp³-hybridized carbons (Fsp3) is 0.318. The van der Waals surface area contributed by atoms with Gasteiger partial charge in [0.05, 0.1) is 25.2 Å².